The van der Waals surface area contributed by atoms with Crippen LogP contribution in [-0.4, -0.2) is 224 Å². The number of imidazole rings is 2. The van der Waals surface area contributed by atoms with Gasteiger partial charge in [-0.1, -0.05) is 76.7 Å². The monoisotopic (exact) mass is 1640 g/mol. The van der Waals surface area contributed by atoms with Crippen molar-refractivity contribution in [2.45, 2.75) is 196 Å². The molecule has 0 aliphatic carbocycles. The minimum Gasteiger partial charge on any atom is -0.462 e. The fourth-order valence-corrected chi connectivity index (χ4v) is 16.0. The smallest absolute Gasteiger partial charge is 0.323 e. The molecule has 8 heterocycles. The molecule has 41 heteroatoms. The lowest BCUT2D eigenvalue weighted by atomic mass is 9.82. The van der Waals surface area contributed by atoms with Gasteiger partial charge in [0.25, 0.3) is 22.6 Å². The Balaban J connectivity index is 0.000000257. The molecule has 1 aromatic carbocycles. The van der Waals surface area contributed by atoms with Crippen LogP contribution in [0, 0.1) is 16.2 Å². The Kier molecular flexibility index (Phi) is 32.4. The molecule has 18 atom stereocenters. The Morgan fingerprint density at radius 2 is 1.03 bits per heavy atom. The molecule has 0 bridgehead atoms. The fourth-order valence-electron chi connectivity index (χ4n) is 11.7. The third kappa shape index (κ3) is 22.8. The number of hydrogen-bond donors (Lipinski definition) is 9. The van der Waals surface area contributed by atoms with E-state index in [0.717, 1.165) is 5.56 Å². The van der Waals surface area contributed by atoms with Crippen molar-refractivity contribution >= 4 is 103 Å². The molecule has 0 saturated carbocycles. The van der Waals surface area contributed by atoms with Crippen molar-refractivity contribution < 1.29 is 98.6 Å². The van der Waals surface area contributed by atoms with Gasteiger partial charge < -0.3 is 78.6 Å². The number of alkyl halides is 3. The van der Waals surface area contributed by atoms with E-state index in [-0.39, 0.29) is 73.3 Å². The van der Waals surface area contributed by atoms with Gasteiger partial charge >= 0.3 is 17.9 Å². The van der Waals surface area contributed by atoms with Crippen LogP contribution in [0.15, 0.2) is 78.7 Å². The molecule has 10 N–H and O–H groups in total. The van der Waals surface area contributed by atoms with Crippen molar-refractivity contribution in [1.82, 2.24) is 54.2 Å². The molecular weight excluding hydrogens is 1540 g/mol. The summed E-state index contributed by atoms with van der Waals surface area (Å²) in [5.74, 6) is -0.956. The van der Waals surface area contributed by atoms with Crippen LogP contribution >= 0.6 is 45.8 Å². The highest BCUT2D eigenvalue weighted by molar-refractivity contribution is 7.56. The second kappa shape index (κ2) is 38.5. The van der Waals surface area contributed by atoms with Gasteiger partial charge in [0.15, 0.2) is 59.8 Å². The number of carbonyl (C=O) groups excluding carboxylic acids is 3. The molecule has 33 nitrogen and oxygen atoms in total. The summed E-state index contributed by atoms with van der Waals surface area (Å²) in [4.78, 5) is 63.0. The van der Waals surface area contributed by atoms with Crippen molar-refractivity contribution in [3.05, 3.63) is 89.7 Å². The zero-order valence-electron chi connectivity index (χ0n) is 63.1. The van der Waals surface area contributed by atoms with Crippen molar-refractivity contribution in [3.8, 4) is 0 Å². The summed E-state index contributed by atoms with van der Waals surface area (Å²) < 4.78 is 139. The summed E-state index contributed by atoms with van der Waals surface area (Å²) in [6.07, 6.45) is -6.75. The van der Waals surface area contributed by atoms with Gasteiger partial charge in [-0.3, -0.25) is 37.2 Å². The largest absolute Gasteiger partial charge is 0.462 e. The maximum Gasteiger partial charge on any atom is 0.323 e. The second-order valence-corrected chi connectivity index (χ2v) is 35.6. The standard InChI is InChI=1S/C26H35ClFN6O6P.C22H34ClFN5O6P.C19H32FN4O6P.CH4/c1-15(2)39-24(36)16(3)33-41(5,37)38-12-18-26(4,13-35)20(28)23(40-18)34-14-30-19-21(31-25(27)32-22(19)34)29-11-17-9-7-6-8-10-17;1-7-25-14-8-16(23)27-19-17(14)26-11-29(19)20-18(24)22(5,10-30)15(35-20)9-33-36(6,32)28-13(4)21(31)34-12(2)3;1-11(2)29-18(26)12(3)23-31(6,27)28-9-14-19(5,10-25)16(20)17(30-14)24-8-7-15(21)22-13(24)4;/h6-10,14-16,18,20,23,35H,11-13H2,1-5H3,(H,33,37)(H,29,31,32);8,11-13,15,18,20,30H,7,9-10H2,1-6H3,(H,25,27)(H,28,32);7-8,11-12,14,16-17,25H,4,9-10H2,1-3,5-6H3,(H2,21,22)(H,23,27);1H4/t16-,18+,20-,23+,26?,41?;13-,15+,18-,20+,22?,36?;12-,14+,16-,17-,19?,31?;/m000./s1. The molecule has 4 aliphatic rings. The second-order valence-electron chi connectivity index (χ2n) is 28.2. The van der Waals surface area contributed by atoms with Crippen LogP contribution in [-0.2, 0) is 76.6 Å². The Morgan fingerprint density at radius 1 is 0.633 bits per heavy atom. The van der Waals surface area contributed by atoms with Gasteiger partial charge in [-0.2, -0.15) is 9.97 Å². The van der Waals surface area contributed by atoms with Crippen molar-refractivity contribution in [1.29, 1.82) is 0 Å². The normalized spacial score (nSPS) is 27.1. The number of nitrogens with zero attached hydrogens (tertiary/aromatic N) is 9. The van der Waals surface area contributed by atoms with Crippen LogP contribution in [0.1, 0.15) is 115 Å². The summed E-state index contributed by atoms with van der Waals surface area (Å²) in [6.45, 7) is 27.3. The van der Waals surface area contributed by atoms with Crippen LogP contribution in [0.2, 0.25) is 10.4 Å². The highest BCUT2D eigenvalue weighted by Crippen LogP contribution is 2.52. The third-order valence-electron chi connectivity index (χ3n) is 17.9. The quantitative estimate of drug-likeness (QED) is 0.00635. The van der Waals surface area contributed by atoms with E-state index in [1.807, 2.05) is 37.3 Å². The van der Waals surface area contributed by atoms with Crippen molar-refractivity contribution in [3.63, 3.8) is 0 Å². The first-order valence-corrected chi connectivity index (χ1v) is 41.7. The number of aromatic nitrogens is 7. The van der Waals surface area contributed by atoms with Crippen LogP contribution in [0.3, 0.4) is 0 Å². The molecular formula is C68H105Cl2F3N15O18P3. The van der Waals surface area contributed by atoms with Gasteiger partial charge in [-0.25, -0.2) is 48.4 Å². The van der Waals surface area contributed by atoms with Crippen LogP contribution in [0.5, 0.6) is 0 Å². The van der Waals surface area contributed by atoms with Gasteiger partial charge in [0.2, 0.25) is 5.28 Å². The Bertz CT molecular complexity index is 4160. The molecule has 5 aromatic rings. The lowest BCUT2D eigenvalue weighted by Crippen LogP contribution is -2.44. The molecule has 109 heavy (non-hydrogen) atoms. The van der Waals surface area contributed by atoms with E-state index in [1.165, 1.54) is 101 Å². The number of aliphatic imine (C=N–C) groups is 1. The number of aliphatic hydroxyl groups excluding tert-OH is 3. The summed E-state index contributed by atoms with van der Waals surface area (Å²) in [6, 6.07) is 8.61. The number of rotatable bonds is 32. The number of pyridine rings is 1. The molecule has 6 unspecified atom stereocenters. The van der Waals surface area contributed by atoms with Gasteiger partial charge in [-0.15, -0.1) is 0 Å². The van der Waals surface area contributed by atoms with E-state index in [9.17, 15) is 43.4 Å². The first kappa shape index (κ1) is 91.6. The number of nitrogens with two attached hydrogens (primary N) is 1. The Morgan fingerprint density at radius 3 is 1.42 bits per heavy atom. The predicted octanol–water partition coefficient (Wildman–Crippen LogP) is 9.73. The average molecular weight is 1640 g/mol. The number of amidine groups is 1. The number of halogens is 5. The summed E-state index contributed by atoms with van der Waals surface area (Å²) >= 11 is 12.4. The number of aliphatic hydroxyl groups is 3. The topological polar surface area (TPSA) is 422 Å². The molecule has 4 aliphatic heterocycles. The predicted molar refractivity (Wildman–Crippen MR) is 406 cm³/mol. The van der Waals surface area contributed by atoms with Gasteiger partial charge in [0.1, 0.15) is 40.5 Å². The van der Waals surface area contributed by atoms with Crippen molar-refractivity contribution in [2.24, 2.45) is 27.0 Å². The van der Waals surface area contributed by atoms with Gasteiger partial charge in [0, 0.05) is 45.4 Å². The molecule has 3 saturated heterocycles. The average Bonchev–Trinajstić information content (AvgIpc) is 1.57. The molecule has 4 aromatic heterocycles. The lowest BCUT2D eigenvalue weighted by molar-refractivity contribution is -0.149. The Hall–Kier alpha value is -6.27. The molecule has 0 spiro atoms. The number of anilines is 2. The zero-order valence-corrected chi connectivity index (χ0v) is 67.3. The molecule has 3 fully saturated rings. The van der Waals surface area contributed by atoms with Crippen LogP contribution < -0.4 is 31.6 Å². The van der Waals surface area contributed by atoms with E-state index in [1.54, 1.807) is 47.6 Å². The van der Waals surface area contributed by atoms with Gasteiger partial charge in [0.05, 0.1) is 111 Å². The maximum atomic E-state index is 16.0. The SMILES string of the molecule is C.C=C1N=C(N)C=CN1[C@H]1O[C@H](COP(C)(=O)N[C@@H](C)C(=O)OC(C)C)C(C)(CO)[C@H]1F.CC(C)OC(=O)[C@H](C)NP(C)(=O)OC[C@H]1O[C@@H](n2cnc3c(NCc4ccccc4)nc(Cl)nc32)[C@H](F)C1(C)CO.CCNc1cc(Cl)nc2c1ncn2[C@@H]1O[C@H](COP(C)(=O)N[C@@H](C)C(=O)OC(C)C)C(C)(CO)[C@H]1F. The zero-order chi connectivity index (χ0) is 80.3. The number of carbonyl (C=O) groups is 3. The first-order valence-electron chi connectivity index (χ1n) is 34.7. The number of benzene rings is 1. The number of nitrogens with one attached hydrogen (secondary N) is 5. The lowest BCUT2D eigenvalue weighted by Gasteiger charge is -2.31. The number of hydrogen-bond acceptors (Lipinski definition) is 28. The van der Waals surface area contributed by atoms with E-state index in [0.29, 0.717) is 41.3 Å². The highest BCUT2D eigenvalue weighted by Gasteiger charge is 2.59. The van der Waals surface area contributed by atoms with Crippen molar-refractivity contribution in [2.75, 3.05) is 76.8 Å². The first-order chi connectivity index (χ1) is 50.5. The van der Waals surface area contributed by atoms with E-state index >= 15 is 13.2 Å². The number of fused-ring (bicyclic) bond motifs is 2. The van der Waals surface area contributed by atoms with Crippen LogP contribution in [0.4, 0.5) is 24.7 Å². The summed E-state index contributed by atoms with van der Waals surface area (Å²) in [5, 5.41) is 44.5. The minimum atomic E-state index is -3.55. The maximum absolute atomic E-state index is 16.0. The number of esters is 3. The molecule has 0 radical (unpaired) electrons. The molecule has 610 valence electrons. The third-order valence-corrected chi connectivity index (χ3v) is 22.8. The summed E-state index contributed by atoms with van der Waals surface area (Å²) in [5.41, 5.74) is 4.53. The summed E-state index contributed by atoms with van der Waals surface area (Å²) in [7, 11) is -10.5. The molecule has 9 rings (SSSR count). The van der Waals surface area contributed by atoms with Crippen LogP contribution in [0.25, 0.3) is 22.3 Å². The van der Waals surface area contributed by atoms with E-state index < -0.39 is 150 Å². The van der Waals surface area contributed by atoms with E-state index in [2.05, 4.69) is 62.4 Å². The minimum absolute atomic E-state index is 0. The Labute approximate surface area is 642 Å². The van der Waals surface area contributed by atoms with E-state index in [4.69, 9.17) is 70.9 Å². The fraction of sp³-hybridized carbons (Fsp3) is 0.632. The van der Waals surface area contributed by atoms with Gasteiger partial charge in [-0.05, 0) is 92.5 Å². The number of ether oxygens (including phenoxy) is 6. The highest BCUT2D eigenvalue weighted by atomic mass is 35.5. The molecule has 0 amide bonds.